The third-order valence-electron chi connectivity index (χ3n) is 3.25. The second-order valence-electron chi connectivity index (χ2n) is 4.61. The lowest BCUT2D eigenvalue weighted by atomic mass is 9.85. The Kier molecular flexibility index (Phi) is 3.08. The molecule has 2 rings (SSSR count). The maximum Gasteiger partial charge on any atom is 0.150 e. The number of likely N-dealkylation sites (tertiary alicyclic amines) is 1. The number of nitrogens with zero attached hydrogens (tertiary/aromatic N) is 1. The van der Waals surface area contributed by atoms with Crippen molar-refractivity contribution >= 4 is 6.29 Å². The van der Waals surface area contributed by atoms with Crippen LogP contribution in [0.3, 0.4) is 0 Å². The molecule has 0 spiro atoms. The molecule has 1 aliphatic heterocycles. The number of likely N-dealkylation sites (N-methyl/N-ethyl adjacent to an activating group) is 1. The molecule has 3 nitrogen and oxygen atoms in total. The highest BCUT2D eigenvalue weighted by Crippen LogP contribution is 2.30. The third kappa shape index (κ3) is 2.15. The number of benzene rings is 1. The highest BCUT2D eigenvalue weighted by atomic mass is 16.3. The largest absolute Gasteiger partial charge is 0.384 e. The molecule has 3 heteroatoms. The van der Waals surface area contributed by atoms with Gasteiger partial charge in [-0.15, -0.1) is 0 Å². The molecule has 0 amide bonds. The van der Waals surface area contributed by atoms with Crippen molar-refractivity contribution in [2.24, 2.45) is 0 Å². The van der Waals surface area contributed by atoms with Gasteiger partial charge in [0.25, 0.3) is 0 Å². The van der Waals surface area contributed by atoms with Crippen LogP contribution in [0.25, 0.3) is 0 Å². The molecule has 1 unspecified atom stereocenters. The number of piperidine rings is 1. The van der Waals surface area contributed by atoms with E-state index in [4.69, 9.17) is 0 Å². The fourth-order valence-electron chi connectivity index (χ4n) is 2.35. The van der Waals surface area contributed by atoms with Crippen LogP contribution in [0.5, 0.6) is 0 Å². The topological polar surface area (TPSA) is 40.5 Å². The smallest absolute Gasteiger partial charge is 0.150 e. The number of aliphatic hydroxyl groups is 1. The fraction of sp³-hybridized carbons (Fsp3) is 0.462. The molecule has 1 aromatic carbocycles. The molecule has 0 bridgehead atoms. The van der Waals surface area contributed by atoms with E-state index in [2.05, 4.69) is 4.90 Å². The number of carbonyl (C=O) groups is 1. The fourth-order valence-corrected chi connectivity index (χ4v) is 2.35. The summed E-state index contributed by atoms with van der Waals surface area (Å²) < 4.78 is 0. The minimum atomic E-state index is -0.756. The van der Waals surface area contributed by atoms with Crippen molar-refractivity contribution in [1.29, 1.82) is 0 Å². The van der Waals surface area contributed by atoms with Gasteiger partial charge in [0.15, 0.2) is 0 Å². The molecule has 1 aliphatic rings. The Balaban J connectivity index is 2.24. The maximum atomic E-state index is 10.6. The first-order chi connectivity index (χ1) is 7.64. The summed E-state index contributed by atoms with van der Waals surface area (Å²) in [6.07, 6.45) is 2.61. The zero-order valence-electron chi connectivity index (χ0n) is 9.52. The first kappa shape index (κ1) is 11.3. The lowest BCUT2D eigenvalue weighted by molar-refractivity contribution is -0.0277. The van der Waals surface area contributed by atoms with Crippen LogP contribution in [0.15, 0.2) is 24.3 Å². The highest BCUT2D eigenvalue weighted by molar-refractivity contribution is 5.74. The molecule has 1 heterocycles. The Morgan fingerprint density at radius 3 is 2.62 bits per heavy atom. The Bertz CT molecular complexity index is 374. The van der Waals surface area contributed by atoms with E-state index in [1.54, 1.807) is 12.1 Å². The van der Waals surface area contributed by atoms with Crippen LogP contribution < -0.4 is 0 Å². The van der Waals surface area contributed by atoms with Crippen molar-refractivity contribution in [1.82, 2.24) is 4.90 Å². The Morgan fingerprint density at radius 2 is 2.06 bits per heavy atom. The molecule has 86 valence electrons. The molecule has 1 atom stereocenters. The number of aldehydes is 1. The second-order valence-corrected chi connectivity index (χ2v) is 4.61. The van der Waals surface area contributed by atoms with Gasteiger partial charge in [-0.1, -0.05) is 24.3 Å². The predicted molar refractivity (Wildman–Crippen MR) is 62.5 cm³/mol. The first-order valence-electron chi connectivity index (χ1n) is 5.61. The minimum absolute atomic E-state index is 0.650. The van der Waals surface area contributed by atoms with Crippen LogP contribution in [0.2, 0.25) is 0 Å². The van der Waals surface area contributed by atoms with Crippen LogP contribution >= 0.6 is 0 Å². The average Bonchev–Trinajstić information content (AvgIpc) is 2.29. The lowest BCUT2D eigenvalue weighted by Crippen LogP contribution is -2.44. The van der Waals surface area contributed by atoms with Gasteiger partial charge in [0, 0.05) is 12.1 Å². The van der Waals surface area contributed by atoms with E-state index in [1.807, 2.05) is 19.2 Å². The molecule has 16 heavy (non-hydrogen) atoms. The van der Waals surface area contributed by atoms with Crippen LogP contribution in [0.4, 0.5) is 0 Å². The maximum absolute atomic E-state index is 10.6. The SMILES string of the molecule is CN1CCCC(O)(c2ccc(C=O)cc2)C1. The van der Waals surface area contributed by atoms with Crippen molar-refractivity contribution in [3.63, 3.8) is 0 Å². The van der Waals surface area contributed by atoms with Gasteiger partial charge in [-0.2, -0.15) is 0 Å². The standard InChI is InChI=1S/C13H17NO2/c1-14-8-2-7-13(16,10-14)12-5-3-11(9-15)4-6-12/h3-6,9,16H,2,7-8,10H2,1H3. The van der Waals surface area contributed by atoms with Gasteiger partial charge < -0.3 is 10.0 Å². The molecule has 0 aliphatic carbocycles. The number of hydrogen-bond acceptors (Lipinski definition) is 3. The van der Waals surface area contributed by atoms with Crippen molar-refractivity contribution in [2.45, 2.75) is 18.4 Å². The zero-order valence-corrected chi connectivity index (χ0v) is 9.52. The summed E-state index contributed by atoms with van der Waals surface area (Å²) in [6.45, 7) is 1.70. The van der Waals surface area contributed by atoms with E-state index >= 15 is 0 Å². The quantitative estimate of drug-likeness (QED) is 0.765. The first-order valence-corrected chi connectivity index (χ1v) is 5.61. The monoisotopic (exact) mass is 219 g/mol. The molecular formula is C13H17NO2. The number of β-amino-alcohol motifs (C(OH)–C–C–N with tert-alkyl or cyclic N) is 1. The van der Waals surface area contributed by atoms with Crippen LogP contribution in [0, 0.1) is 0 Å². The average molecular weight is 219 g/mol. The summed E-state index contributed by atoms with van der Waals surface area (Å²) in [4.78, 5) is 12.7. The second kappa shape index (κ2) is 4.36. The van der Waals surface area contributed by atoms with Gasteiger partial charge in [0.1, 0.15) is 11.9 Å². The van der Waals surface area contributed by atoms with E-state index in [-0.39, 0.29) is 0 Å². The van der Waals surface area contributed by atoms with Gasteiger partial charge in [-0.25, -0.2) is 0 Å². The Morgan fingerprint density at radius 1 is 1.38 bits per heavy atom. The summed E-state index contributed by atoms with van der Waals surface area (Å²) in [6, 6.07) is 7.22. The number of hydrogen-bond donors (Lipinski definition) is 1. The van der Waals surface area contributed by atoms with Gasteiger partial charge in [-0.05, 0) is 32.0 Å². The van der Waals surface area contributed by atoms with Crippen LogP contribution in [-0.4, -0.2) is 36.4 Å². The third-order valence-corrected chi connectivity index (χ3v) is 3.25. The van der Waals surface area contributed by atoms with E-state index in [0.717, 1.165) is 31.2 Å². The zero-order chi connectivity index (χ0) is 11.6. The van der Waals surface area contributed by atoms with Gasteiger partial charge >= 0.3 is 0 Å². The molecule has 1 aromatic rings. The molecule has 0 radical (unpaired) electrons. The predicted octanol–water partition coefficient (Wildman–Crippen LogP) is 1.41. The molecule has 1 fully saturated rings. The summed E-state index contributed by atoms with van der Waals surface area (Å²) in [7, 11) is 2.02. The number of rotatable bonds is 2. The van der Waals surface area contributed by atoms with Gasteiger partial charge in [0.05, 0.1) is 0 Å². The van der Waals surface area contributed by atoms with E-state index in [0.29, 0.717) is 12.1 Å². The summed E-state index contributed by atoms with van der Waals surface area (Å²) in [5.41, 5.74) is 0.801. The Labute approximate surface area is 95.7 Å². The van der Waals surface area contributed by atoms with Crippen LogP contribution in [-0.2, 0) is 5.60 Å². The molecular weight excluding hydrogens is 202 g/mol. The van der Waals surface area contributed by atoms with Crippen molar-refractivity contribution in [2.75, 3.05) is 20.1 Å². The summed E-state index contributed by atoms with van der Waals surface area (Å²) in [5.74, 6) is 0. The van der Waals surface area contributed by atoms with Gasteiger partial charge in [-0.3, -0.25) is 4.79 Å². The Hall–Kier alpha value is -1.19. The highest BCUT2D eigenvalue weighted by Gasteiger charge is 2.33. The normalized spacial score (nSPS) is 26.6. The van der Waals surface area contributed by atoms with Crippen molar-refractivity contribution < 1.29 is 9.90 Å². The van der Waals surface area contributed by atoms with E-state index < -0.39 is 5.60 Å². The minimum Gasteiger partial charge on any atom is -0.384 e. The van der Waals surface area contributed by atoms with Crippen molar-refractivity contribution in [3.8, 4) is 0 Å². The van der Waals surface area contributed by atoms with Crippen molar-refractivity contribution in [3.05, 3.63) is 35.4 Å². The molecule has 1 N–H and O–H groups in total. The molecule has 0 aromatic heterocycles. The van der Waals surface area contributed by atoms with E-state index in [9.17, 15) is 9.90 Å². The lowest BCUT2D eigenvalue weighted by Gasteiger charge is -2.37. The summed E-state index contributed by atoms with van der Waals surface area (Å²) in [5, 5.41) is 10.5. The van der Waals surface area contributed by atoms with E-state index in [1.165, 1.54) is 0 Å². The summed E-state index contributed by atoms with van der Waals surface area (Å²) >= 11 is 0. The molecule has 0 saturated carbocycles. The number of carbonyl (C=O) groups excluding carboxylic acids is 1. The molecule has 1 saturated heterocycles. The van der Waals surface area contributed by atoms with Crippen LogP contribution in [0.1, 0.15) is 28.8 Å². The van der Waals surface area contributed by atoms with Gasteiger partial charge in [0.2, 0.25) is 0 Å².